The molecule has 0 fully saturated rings. The van der Waals surface area contributed by atoms with Crippen LogP contribution in [-0.4, -0.2) is 58.0 Å². The molecular weight excluding hydrogens is 344 g/mol. The summed E-state index contributed by atoms with van der Waals surface area (Å²) in [7, 11) is 7.27. The molecule has 0 saturated carbocycles. The molecule has 1 aliphatic rings. The summed E-state index contributed by atoms with van der Waals surface area (Å²) in [5.41, 5.74) is 3.44. The van der Waals surface area contributed by atoms with E-state index in [0.717, 1.165) is 42.1 Å². The molecule has 2 N–H and O–H groups in total. The zero-order valence-electron chi connectivity index (χ0n) is 16.4. The number of likely N-dealkylation sites (N-methyl/N-ethyl adjacent to an activating group) is 1. The van der Waals surface area contributed by atoms with Crippen molar-refractivity contribution in [2.75, 3.05) is 48.0 Å². The van der Waals surface area contributed by atoms with Gasteiger partial charge < -0.3 is 29.5 Å². The molecule has 0 saturated heterocycles. The van der Waals surface area contributed by atoms with Crippen LogP contribution in [0.15, 0.2) is 30.3 Å². The Kier molecular flexibility index (Phi) is 6.08. The van der Waals surface area contributed by atoms with Crippen molar-refractivity contribution >= 4 is 0 Å². The Morgan fingerprint density at radius 2 is 1.85 bits per heavy atom. The summed E-state index contributed by atoms with van der Waals surface area (Å²) < 4.78 is 16.8. The number of rotatable bonds is 7. The molecule has 1 unspecified atom stereocenters. The third-order valence-corrected chi connectivity index (χ3v) is 4.81. The monoisotopic (exact) mass is 372 g/mol. The quantitative estimate of drug-likeness (QED) is 0.779. The van der Waals surface area contributed by atoms with Gasteiger partial charge in [0.2, 0.25) is 0 Å². The lowest BCUT2D eigenvalue weighted by atomic mass is 9.89. The molecule has 6 nitrogen and oxygen atoms in total. The second-order valence-corrected chi connectivity index (χ2v) is 6.92. The molecule has 2 aromatic rings. The van der Waals surface area contributed by atoms with Gasteiger partial charge in [0.15, 0.2) is 23.0 Å². The largest absolute Gasteiger partial charge is 0.504 e. The standard InChI is InChI=1S/C21H28N2O4/c1-23(2)9-10-27-20-13-16-14(11-19(20)26-4)7-8-22-21(16)15-5-6-17(24)18(12-15)25-3/h5-6,11-13,21-22,24H,7-10H2,1-4H3. The zero-order chi connectivity index (χ0) is 19.4. The van der Waals surface area contributed by atoms with E-state index >= 15 is 0 Å². The van der Waals surface area contributed by atoms with Crippen molar-refractivity contribution in [2.24, 2.45) is 0 Å². The Morgan fingerprint density at radius 1 is 1.07 bits per heavy atom. The third-order valence-electron chi connectivity index (χ3n) is 4.81. The Hall–Kier alpha value is -2.44. The van der Waals surface area contributed by atoms with Crippen molar-refractivity contribution in [3.63, 3.8) is 0 Å². The summed E-state index contributed by atoms with van der Waals surface area (Å²) >= 11 is 0. The smallest absolute Gasteiger partial charge is 0.161 e. The summed E-state index contributed by atoms with van der Waals surface area (Å²) in [4.78, 5) is 2.08. The zero-order valence-corrected chi connectivity index (χ0v) is 16.4. The number of nitrogens with one attached hydrogen (secondary N) is 1. The number of phenols is 1. The van der Waals surface area contributed by atoms with Crippen molar-refractivity contribution in [2.45, 2.75) is 12.5 Å². The second-order valence-electron chi connectivity index (χ2n) is 6.92. The van der Waals surface area contributed by atoms with Gasteiger partial charge in [0.25, 0.3) is 0 Å². The molecule has 1 atom stereocenters. The summed E-state index contributed by atoms with van der Waals surface area (Å²) in [6, 6.07) is 9.61. The Labute approximate surface area is 160 Å². The van der Waals surface area contributed by atoms with Gasteiger partial charge >= 0.3 is 0 Å². The van der Waals surface area contributed by atoms with E-state index in [1.807, 2.05) is 26.2 Å². The summed E-state index contributed by atoms with van der Waals surface area (Å²) in [6.45, 7) is 2.29. The highest BCUT2D eigenvalue weighted by Gasteiger charge is 2.25. The maximum atomic E-state index is 9.90. The molecule has 0 aliphatic carbocycles. The van der Waals surface area contributed by atoms with Crippen molar-refractivity contribution in [3.05, 3.63) is 47.0 Å². The highest BCUT2D eigenvalue weighted by molar-refractivity contribution is 5.53. The Bertz CT molecular complexity index is 792. The molecule has 0 aromatic heterocycles. The van der Waals surface area contributed by atoms with Crippen molar-refractivity contribution in [1.29, 1.82) is 0 Å². The number of phenolic OH excluding ortho intramolecular Hbond substituents is 1. The van der Waals surface area contributed by atoms with Gasteiger partial charge in [-0.3, -0.25) is 0 Å². The minimum atomic E-state index is 0.00496. The van der Waals surface area contributed by atoms with Crippen LogP contribution in [0, 0.1) is 0 Å². The first-order chi connectivity index (χ1) is 13.0. The first-order valence-electron chi connectivity index (χ1n) is 9.12. The lowest BCUT2D eigenvalue weighted by molar-refractivity contribution is 0.250. The molecule has 6 heteroatoms. The number of aromatic hydroxyl groups is 1. The number of ether oxygens (including phenoxy) is 3. The minimum absolute atomic E-state index is 0.00496. The third kappa shape index (κ3) is 4.28. The molecule has 27 heavy (non-hydrogen) atoms. The SMILES string of the molecule is COc1cc(C2NCCc3cc(OC)c(OCCN(C)C)cc32)ccc1O. The van der Waals surface area contributed by atoms with E-state index in [1.165, 1.54) is 5.56 Å². The van der Waals surface area contributed by atoms with E-state index in [2.05, 4.69) is 22.3 Å². The Balaban J connectivity index is 1.95. The van der Waals surface area contributed by atoms with E-state index in [-0.39, 0.29) is 11.8 Å². The van der Waals surface area contributed by atoms with Gasteiger partial charge in [0.05, 0.1) is 20.3 Å². The number of methoxy groups -OCH3 is 2. The van der Waals surface area contributed by atoms with Crippen LogP contribution in [0.4, 0.5) is 0 Å². The summed E-state index contributed by atoms with van der Waals surface area (Å²) in [5.74, 6) is 2.12. The molecular formula is C21H28N2O4. The fourth-order valence-electron chi connectivity index (χ4n) is 3.35. The highest BCUT2D eigenvalue weighted by Crippen LogP contribution is 2.39. The fraction of sp³-hybridized carbons (Fsp3) is 0.429. The first-order valence-corrected chi connectivity index (χ1v) is 9.12. The summed E-state index contributed by atoms with van der Waals surface area (Å²) in [6.07, 6.45) is 0.926. The van der Waals surface area contributed by atoms with Crippen LogP contribution >= 0.6 is 0 Å². The topological polar surface area (TPSA) is 63.2 Å². The van der Waals surface area contributed by atoms with Crippen LogP contribution in [-0.2, 0) is 6.42 Å². The average molecular weight is 372 g/mol. The predicted molar refractivity (Wildman–Crippen MR) is 105 cm³/mol. The Morgan fingerprint density at radius 3 is 2.56 bits per heavy atom. The van der Waals surface area contributed by atoms with E-state index in [0.29, 0.717) is 12.4 Å². The molecule has 0 spiro atoms. The van der Waals surface area contributed by atoms with Gasteiger partial charge in [-0.1, -0.05) is 6.07 Å². The number of fused-ring (bicyclic) bond motifs is 1. The number of nitrogens with zero attached hydrogens (tertiary/aromatic N) is 1. The van der Waals surface area contributed by atoms with Crippen LogP contribution in [0.5, 0.6) is 23.0 Å². The average Bonchev–Trinajstić information content (AvgIpc) is 2.67. The second kappa shape index (κ2) is 8.50. The van der Waals surface area contributed by atoms with Crippen LogP contribution in [0.2, 0.25) is 0 Å². The molecule has 1 heterocycles. The maximum Gasteiger partial charge on any atom is 0.161 e. The molecule has 0 radical (unpaired) electrons. The molecule has 0 amide bonds. The van der Waals surface area contributed by atoms with Crippen molar-refractivity contribution < 1.29 is 19.3 Å². The van der Waals surface area contributed by atoms with Crippen LogP contribution in [0.25, 0.3) is 0 Å². The highest BCUT2D eigenvalue weighted by atomic mass is 16.5. The van der Waals surface area contributed by atoms with Gasteiger partial charge in [0.1, 0.15) is 6.61 Å². The minimum Gasteiger partial charge on any atom is -0.504 e. The number of benzene rings is 2. The van der Waals surface area contributed by atoms with E-state index in [4.69, 9.17) is 14.2 Å². The van der Waals surface area contributed by atoms with Crippen LogP contribution in [0.3, 0.4) is 0 Å². The molecule has 0 bridgehead atoms. The normalized spacial score (nSPS) is 16.1. The van der Waals surface area contributed by atoms with Crippen molar-refractivity contribution in [3.8, 4) is 23.0 Å². The van der Waals surface area contributed by atoms with Crippen LogP contribution in [0.1, 0.15) is 22.7 Å². The molecule has 2 aromatic carbocycles. The number of hydrogen-bond donors (Lipinski definition) is 2. The fourth-order valence-corrected chi connectivity index (χ4v) is 3.35. The maximum absolute atomic E-state index is 9.90. The molecule has 3 rings (SSSR count). The first kappa shape index (κ1) is 19.3. The van der Waals surface area contributed by atoms with Gasteiger partial charge in [-0.05, 0) is 61.5 Å². The van der Waals surface area contributed by atoms with Gasteiger partial charge in [0, 0.05) is 13.1 Å². The van der Waals surface area contributed by atoms with Crippen molar-refractivity contribution in [1.82, 2.24) is 10.2 Å². The molecule has 146 valence electrons. The lowest BCUT2D eigenvalue weighted by Gasteiger charge is -2.29. The summed E-state index contributed by atoms with van der Waals surface area (Å²) in [5, 5.41) is 13.5. The van der Waals surface area contributed by atoms with E-state index in [9.17, 15) is 5.11 Å². The van der Waals surface area contributed by atoms with Crippen LogP contribution < -0.4 is 19.5 Å². The predicted octanol–water partition coefficient (Wildman–Crippen LogP) is 2.58. The van der Waals surface area contributed by atoms with Gasteiger partial charge in [-0.2, -0.15) is 0 Å². The van der Waals surface area contributed by atoms with Gasteiger partial charge in [-0.15, -0.1) is 0 Å². The number of hydrogen-bond acceptors (Lipinski definition) is 6. The lowest BCUT2D eigenvalue weighted by Crippen LogP contribution is -2.30. The van der Waals surface area contributed by atoms with Gasteiger partial charge in [-0.25, -0.2) is 0 Å². The molecule has 1 aliphatic heterocycles. The van der Waals surface area contributed by atoms with E-state index in [1.54, 1.807) is 20.3 Å². The van der Waals surface area contributed by atoms with E-state index < -0.39 is 0 Å².